The molecule has 0 amide bonds. The Hall–Kier alpha value is -2.63. The summed E-state index contributed by atoms with van der Waals surface area (Å²) in [5.41, 5.74) is 6.54. The zero-order valence-electron chi connectivity index (χ0n) is 9.65. The topological polar surface area (TPSA) is 63.8 Å². The summed E-state index contributed by atoms with van der Waals surface area (Å²) in [6, 6.07) is 7.84. The van der Waals surface area contributed by atoms with Crippen molar-refractivity contribution in [2.24, 2.45) is 0 Å². The van der Waals surface area contributed by atoms with Gasteiger partial charge in [0.15, 0.2) is 0 Å². The van der Waals surface area contributed by atoms with Gasteiger partial charge in [0.25, 0.3) is 0 Å². The first-order chi connectivity index (χ1) is 9.06. The Morgan fingerprint density at radius 3 is 2.63 bits per heavy atom. The SMILES string of the molecule is Nc1ccc2[nH]c(=O)n(-c3ccc(F)cc3F)c2c1. The summed E-state index contributed by atoms with van der Waals surface area (Å²) >= 11 is 0. The van der Waals surface area contributed by atoms with Crippen LogP contribution in [0.4, 0.5) is 14.5 Å². The smallest absolute Gasteiger partial charge is 0.331 e. The van der Waals surface area contributed by atoms with Crippen LogP contribution in [0.25, 0.3) is 16.7 Å². The monoisotopic (exact) mass is 261 g/mol. The second-order valence-corrected chi connectivity index (χ2v) is 4.14. The van der Waals surface area contributed by atoms with Crippen LogP contribution in [0.3, 0.4) is 0 Å². The maximum atomic E-state index is 13.8. The van der Waals surface area contributed by atoms with Crippen molar-refractivity contribution in [3.05, 3.63) is 58.5 Å². The second-order valence-electron chi connectivity index (χ2n) is 4.14. The van der Waals surface area contributed by atoms with Gasteiger partial charge in [0, 0.05) is 11.8 Å². The lowest BCUT2D eigenvalue weighted by atomic mass is 10.2. The Kier molecular flexibility index (Phi) is 2.38. The molecule has 0 aliphatic heterocycles. The molecular weight excluding hydrogens is 252 g/mol. The third-order valence-corrected chi connectivity index (χ3v) is 2.86. The van der Waals surface area contributed by atoms with E-state index in [9.17, 15) is 13.6 Å². The molecule has 3 N–H and O–H groups in total. The van der Waals surface area contributed by atoms with Crippen LogP contribution in [0, 0.1) is 11.6 Å². The predicted octanol–water partition coefficient (Wildman–Crippen LogP) is 2.18. The number of anilines is 1. The Bertz CT molecular complexity index is 836. The lowest BCUT2D eigenvalue weighted by Gasteiger charge is -2.05. The van der Waals surface area contributed by atoms with E-state index >= 15 is 0 Å². The number of imidazole rings is 1. The molecule has 3 aromatic rings. The second kappa shape index (κ2) is 3.94. The number of fused-ring (bicyclic) bond motifs is 1. The molecule has 0 aliphatic carbocycles. The number of benzene rings is 2. The number of nitrogen functional groups attached to an aromatic ring is 1. The Balaban J connectivity index is 2.38. The van der Waals surface area contributed by atoms with Crippen molar-refractivity contribution < 1.29 is 8.78 Å². The van der Waals surface area contributed by atoms with E-state index in [1.807, 2.05) is 0 Å². The van der Waals surface area contributed by atoms with Crippen molar-refractivity contribution in [2.75, 3.05) is 5.73 Å². The average molecular weight is 261 g/mol. The molecule has 0 atom stereocenters. The molecule has 4 nitrogen and oxygen atoms in total. The Labute approximate surface area is 106 Å². The third kappa shape index (κ3) is 1.77. The third-order valence-electron chi connectivity index (χ3n) is 2.86. The summed E-state index contributed by atoms with van der Waals surface area (Å²) in [5.74, 6) is -1.51. The van der Waals surface area contributed by atoms with Crippen molar-refractivity contribution in [3.8, 4) is 5.69 Å². The first kappa shape index (κ1) is 11.5. The number of aromatic amines is 1. The Morgan fingerprint density at radius 2 is 1.89 bits per heavy atom. The molecule has 19 heavy (non-hydrogen) atoms. The molecule has 0 fully saturated rings. The maximum absolute atomic E-state index is 13.8. The van der Waals surface area contributed by atoms with Crippen LogP contribution in [0.15, 0.2) is 41.2 Å². The molecule has 0 saturated carbocycles. The minimum atomic E-state index is -0.814. The van der Waals surface area contributed by atoms with E-state index in [2.05, 4.69) is 4.98 Å². The number of nitrogens with two attached hydrogens (primary N) is 1. The van der Waals surface area contributed by atoms with Gasteiger partial charge in [-0.2, -0.15) is 0 Å². The Morgan fingerprint density at radius 1 is 1.11 bits per heavy atom. The predicted molar refractivity (Wildman–Crippen MR) is 68.2 cm³/mol. The first-order valence-electron chi connectivity index (χ1n) is 5.52. The highest BCUT2D eigenvalue weighted by Crippen LogP contribution is 2.20. The van der Waals surface area contributed by atoms with E-state index < -0.39 is 17.3 Å². The van der Waals surface area contributed by atoms with Gasteiger partial charge in [-0.1, -0.05) is 0 Å². The molecule has 0 bridgehead atoms. The van der Waals surface area contributed by atoms with Crippen LogP contribution in [-0.2, 0) is 0 Å². The molecule has 1 heterocycles. The van der Waals surface area contributed by atoms with Gasteiger partial charge in [0.05, 0.1) is 16.7 Å². The minimum Gasteiger partial charge on any atom is -0.399 e. The van der Waals surface area contributed by atoms with E-state index in [1.165, 1.54) is 6.07 Å². The molecule has 0 saturated heterocycles. The minimum absolute atomic E-state index is 0.0248. The van der Waals surface area contributed by atoms with E-state index in [-0.39, 0.29) is 5.69 Å². The van der Waals surface area contributed by atoms with Gasteiger partial charge in [0.2, 0.25) is 0 Å². The first-order valence-corrected chi connectivity index (χ1v) is 5.52. The van der Waals surface area contributed by atoms with E-state index in [1.54, 1.807) is 18.2 Å². The van der Waals surface area contributed by atoms with Gasteiger partial charge < -0.3 is 10.7 Å². The van der Waals surface area contributed by atoms with E-state index in [4.69, 9.17) is 5.73 Å². The van der Waals surface area contributed by atoms with Crippen molar-refractivity contribution in [1.29, 1.82) is 0 Å². The van der Waals surface area contributed by atoms with E-state index in [0.29, 0.717) is 16.7 Å². The van der Waals surface area contributed by atoms with E-state index in [0.717, 1.165) is 16.7 Å². The number of nitrogens with one attached hydrogen (secondary N) is 1. The number of nitrogens with zero attached hydrogens (tertiary/aromatic N) is 1. The normalized spacial score (nSPS) is 11.1. The summed E-state index contributed by atoms with van der Waals surface area (Å²) in [6.07, 6.45) is 0. The largest absolute Gasteiger partial charge is 0.399 e. The summed E-state index contributed by atoms with van der Waals surface area (Å²) in [7, 11) is 0. The van der Waals surface area contributed by atoms with Crippen LogP contribution < -0.4 is 11.4 Å². The van der Waals surface area contributed by atoms with Crippen LogP contribution in [0.5, 0.6) is 0 Å². The highest BCUT2D eigenvalue weighted by Gasteiger charge is 2.13. The van der Waals surface area contributed by atoms with Crippen LogP contribution >= 0.6 is 0 Å². The molecule has 2 aromatic carbocycles. The number of aromatic nitrogens is 2. The molecule has 0 aliphatic rings. The van der Waals surface area contributed by atoms with Crippen molar-refractivity contribution in [1.82, 2.24) is 9.55 Å². The molecule has 3 rings (SSSR count). The molecule has 0 unspecified atom stereocenters. The van der Waals surface area contributed by atoms with Gasteiger partial charge in [-0.25, -0.2) is 13.6 Å². The standard InChI is InChI=1S/C13H9F2N3O/c14-7-1-4-11(9(15)5-7)18-12-6-8(16)2-3-10(12)17-13(18)19/h1-6H,16H2,(H,17,19). The lowest BCUT2D eigenvalue weighted by molar-refractivity contribution is 0.577. The number of halogens is 2. The molecule has 0 spiro atoms. The molecule has 6 heteroatoms. The summed E-state index contributed by atoms with van der Waals surface area (Å²) in [4.78, 5) is 14.5. The van der Waals surface area contributed by atoms with Gasteiger partial charge in [0.1, 0.15) is 11.6 Å². The van der Waals surface area contributed by atoms with Gasteiger partial charge in [-0.15, -0.1) is 0 Å². The average Bonchev–Trinajstić information content (AvgIpc) is 2.65. The van der Waals surface area contributed by atoms with Crippen molar-refractivity contribution >= 4 is 16.7 Å². The van der Waals surface area contributed by atoms with Gasteiger partial charge in [-0.3, -0.25) is 4.57 Å². The fourth-order valence-electron chi connectivity index (χ4n) is 2.02. The number of H-pyrrole nitrogens is 1. The van der Waals surface area contributed by atoms with Crippen molar-refractivity contribution in [2.45, 2.75) is 0 Å². The molecular formula is C13H9F2N3O. The van der Waals surface area contributed by atoms with Gasteiger partial charge >= 0.3 is 5.69 Å². The van der Waals surface area contributed by atoms with Gasteiger partial charge in [-0.05, 0) is 30.3 Å². The summed E-state index contributed by atoms with van der Waals surface area (Å²) < 4.78 is 27.8. The number of hydrogen-bond donors (Lipinski definition) is 2. The molecule has 0 radical (unpaired) electrons. The molecule has 96 valence electrons. The van der Waals surface area contributed by atoms with Crippen LogP contribution in [0.1, 0.15) is 0 Å². The maximum Gasteiger partial charge on any atom is 0.331 e. The zero-order chi connectivity index (χ0) is 13.6. The summed E-state index contributed by atoms with van der Waals surface area (Å²) in [6.45, 7) is 0. The quantitative estimate of drug-likeness (QED) is 0.659. The van der Waals surface area contributed by atoms with Crippen molar-refractivity contribution in [3.63, 3.8) is 0 Å². The highest BCUT2D eigenvalue weighted by molar-refractivity contribution is 5.80. The molecule has 1 aromatic heterocycles. The highest BCUT2D eigenvalue weighted by atomic mass is 19.1. The number of rotatable bonds is 1. The zero-order valence-corrected chi connectivity index (χ0v) is 9.65. The lowest BCUT2D eigenvalue weighted by Crippen LogP contribution is -2.16. The fraction of sp³-hybridized carbons (Fsp3) is 0. The van der Waals surface area contributed by atoms with Crippen LogP contribution in [0.2, 0.25) is 0 Å². The summed E-state index contributed by atoms with van der Waals surface area (Å²) in [5, 5.41) is 0. The number of hydrogen-bond acceptors (Lipinski definition) is 2. The fourth-order valence-corrected chi connectivity index (χ4v) is 2.02. The van der Waals surface area contributed by atoms with Crippen LogP contribution in [-0.4, -0.2) is 9.55 Å².